The zero-order chi connectivity index (χ0) is 16.7. The van der Waals surface area contributed by atoms with Gasteiger partial charge < -0.3 is 0 Å². The average Bonchev–Trinajstić information content (AvgIpc) is 2.56. The summed E-state index contributed by atoms with van der Waals surface area (Å²) in [7, 11) is 0. The largest absolute Gasteiger partial charge is 0.0984 e. The van der Waals surface area contributed by atoms with Crippen LogP contribution in [0.3, 0.4) is 0 Å². The summed E-state index contributed by atoms with van der Waals surface area (Å²) < 4.78 is 0. The SMILES string of the molecule is C=C/C(=C/c1ccccc1CC)C(=C)/C=C\C.CC.CC. The van der Waals surface area contributed by atoms with Crippen molar-refractivity contribution < 1.29 is 0 Å². The van der Waals surface area contributed by atoms with Crippen molar-refractivity contribution in [2.75, 3.05) is 0 Å². The Kier molecular flexibility index (Phi) is 14.9. The van der Waals surface area contributed by atoms with E-state index in [2.05, 4.69) is 50.4 Å². The van der Waals surface area contributed by atoms with Crippen LogP contribution < -0.4 is 0 Å². The van der Waals surface area contributed by atoms with Gasteiger partial charge in [-0.1, -0.05) is 90.3 Å². The number of rotatable bonds is 5. The summed E-state index contributed by atoms with van der Waals surface area (Å²) in [5, 5.41) is 0. The van der Waals surface area contributed by atoms with Crippen LogP contribution in [0, 0.1) is 0 Å². The quantitative estimate of drug-likeness (QED) is 0.510. The van der Waals surface area contributed by atoms with Crippen molar-refractivity contribution in [2.24, 2.45) is 0 Å². The molecule has 0 nitrogen and oxygen atoms in total. The van der Waals surface area contributed by atoms with E-state index in [1.54, 1.807) is 0 Å². The van der Waals surface area contributed by atoms with Crippen molar-refractivity contribution in [3.63, 3.8) is 0 Å². The van der Waals surface area contributed by atoms with Crippen LogP contribution in [0.2, 0.25) is 0 Å². The average molecular weight is 284 g/mol. The number of hydrogen-bond acceptors (Lipinski definition) is 0. The summed E-state index contributed by atoms with van der Waals surface area (Å²) in [5.41, 5.74) is 4.66. The maximum Gasteiger partial charge on any atom is -0.0190 e. The van der Waals surface area contributed by atoms with Crippen LogP contribution in [0.1, 0.15) is 52.7 Å². The Hall–Kier alpha value is -1.82. The van der Waals surface area contributed by atoms with Gasteiger partial charge in [0.25, 0.3) is 0 Å². The fourth-order valence-corrected chi connectivity index (χ4v) is 1.74. The van der Waals surface area contributed by atoms with E-state index >= 15 is 0 Å². The lowest BCUT2D eigenvalue weighted by Gasteiger charge is -2.06. The third kappa shape index (κ3) is 8.14. The molecule has 0 aromatic heterocycles. The fraction of sp³-hybridized carbons (Fsp3) is 0.333. The first-order valence-electron chi connectivity index (χ1n) is 7.97. The Morgan fingerprint density at radius 3 is 2.14 bits per heavy atom. The Morgan fingerprint density at radius 2 is 1.67 bits per heavy atom. The van der Waals surface area contributed by atoms with Gasteiger partial charge in [0.15, 0.2) is 0 Å². The van der Waals surface area contributed by atoms with Crippen LogP contribution >= 0.6 is 0 Å². The normalized spacial score (nSPS) is 10.1. The van der Waals surface area contributed by atoms with E-state index in [1.807, 2.05) is 52.8 Å². The van der Waals surface area contributed by atoms with E-state index in [4.69, 9.17) is 0 Å². The van der Waals surface area contributed by atoms with Crippen molar-refractivity contribution in [3.8, 4) is 0 Å². The predicted molar refractivity (Wildman–Crippen MR) is 101 cm³/mol. The number of benzene rings is 1. The van der Waals surface area contributed by atoms with E-state index in [0.717, 1.165) is 17.6 Å². The van der Waals surface area contributed by atoms with Crippen molar-refractivity contribution in [3.05, 3.63) is 77.9 Å². The molecule has 1 aromatic carbocycles. The summed E-state index contributed by atoms with van der Waals surface area (Å²) in [6, 6.07) is 8.42. The zero-order valence-electron chi connectivity index (χ0n) is 14.7. The summed E-state index contributed by atoms with van der Waals surface area (Å²) in [6.07, 6.45) is 9.03. The summed E-state index contributed by atoms with van der Waals surface area (Å²) in [4.78, 5) is 0. The van der Waals surface area contributed by atoms with E-state index < -0.39 is 0 Å². The van der Waals surface area contributed by atoms with Gasteiger partial charge in [-0.05, 0) is 41.7 Å². The van der Waals surface area contributed by atoms with Crippen LogP contribution in [-0.2, 0) is 6.42 Å². The number of aryl methyl sites for hydroxylation is 1. The van der Waals surface area contributed by atoms with Crippen molar-refractivity contribution in [1.82, 2.24) is 0 Å². The molecule has 0 atom stereocenters. The molecule has 0 radical (unpaired) electrons. The first kappa shape index (κ1) is 21.5. The lowest BCUT2D eigenvalue weighted by Crippen LogP contribution is -1.87. The topological polar surface area (TPSA) is 0 Å². The predicted octanol–water partition coefficient (Wildman–Crippen LogP) is 7.00. The Labute approximate surface area is 132 Å². The van der Waals surface area contributed by atoms with E-state index in [9.17, 15) is 0 Å². The second-order valence-electron chi connectivity index (χ2n) is 3.88. The van der Waals surface area contributed by atoms with Gasteiger partial charge in [0.1, 0.15) is 0 Å². The van der Waals surface area contributed by atoms with Gasteiger partial charge >= 0.3 is 0 Å². The molecule has 0 unspecified atom stereocenters. The molecule has 0 aliphatic heterocycles. The molecule has 0 saturated carbocycles. The molecule has 0 aliphatic rings. The van der Waals surface area contributed by atoms with E-state index in [-0.39, 0.29) is 0 Å². The monoisotopic (exact) mass is 284 g/mol. The molecular formula is C21H32. The minimum atomic E-state index is 0.994. The highest BCUT2D eigenvalue weighted by Crippen LogP contribution is 2.18. The standard InChI is InChI=1S/C17H20.2C2H6/c1-5-10-14(4)16(7-3)13-17-12-9-8-11-15(17)6-2;2*1-2/h5,7-13H,3-4,6H2,1-2H3;2*1-2H3/b10-5-,16-13-;;. The summed E-state index contributed by atoms with van der Waals surface area (Å²) >= 11 is 0. The van der Waals surface area contributed by atoms with Gasteiger partial charge in [0.2, 0.25) is 0 Å². The molecule has 0 heterocycles. The van der Waals surface area contributed by atoms with Crippen LogP contribution in [0.4, 0.5) is 0 Å². The lowest BCUT2D eigenvalue weighted by atomic mass is 9.99. The molecule has 116 valence electrons. The molecule has 0 heteroatoms. The molecule has 1 aromatic rings. The number of hydrogen-bond donors (Lipinski definition) is 0. The van der Waals surface area contributed by atoms with Gasteiger partial charge in [-0.2, -0.15) is 0 Å². The van der Waals surface area contributed by atoms with Crippen molar-refractivity contribution in [1.29, 1.82) is 0 Å². The molecule has 0 bridgehead atoms. The van der Waals surface area contributed by atoms with Crippen LogP contribution in [0.25, 0.3) is 6.08 Å². The Morgan fingerprint density at radius 1 is 1.10 bits per heavy atom. The summed E-state index contributed by atoms with van der Waals surface area (Å²) in [6.45, 7) is 20.1. The fourth-order valence-electron chi connectivity index (χ4n) is 1.74. The molecule has 0 N–H and O–H groups in total. The number of allylic oxidation sites excluding steroid dienone is 5. The first-order chi connectivity index (χ1) is 10.2. The zero-order valence-corrected chi connectivity index (χ0v) is 14.7. The molecular weight excluding hydrogens is 252 g/mol. The van der Waals surface area contributed by atoms with Crippen molar-refractivity contribution >= 4 is 6.08 Å². The highest BCUT2D eigenvalue weighted by molar-refractivity contribution is 5.65. The molecule has 0 spiro atoms. The van der Waals surface area contributed by atoms with Gasteiger partial charge in [0.05, 0.1) is 0 Å². The third-order valence-electron chi connectivity index (χ3n) is 2.71. The summed E-state index contributed by atoms with van der Waals surface area (Å²) in [5.74, 6) is 0. The van der Waals surface area contributed by atoms with Gasteiger partial charge in [0, 0.05) is 0 Å². The van der Waals surface area contributed by atoms with Crippen LogP contribution in [0.15, 0.2) is 66.8 Å². The van der Waals surface area contributed by atoms with E-state index in [1.165, 1.54) is 11.1 Å². The highest BCUT2D eigenvalue weighted by Gasteiger charge is 1.99. The molecule has 1 rings (SSSR count). The second kappa shape index (κ2) is 14.6. The van der Waals surface area contributed by atoms with Crippen LogP contribution in [0.5, 0.6) is 0 Å². The molecule has 0 amide bonds. The first-order valence-corrected chi connectivity index (χ1v) is 7.97. The lowest BCUT2D eigenvalue weighted by molar-refractivity contribution is 1.13. The van der Waals surface area contributed by atoms with Crippen LogP contribution in [-0.4, -0.2) is 0 Å². The smallest absolute Gasteiger partial charge is 0.0190 e. The molecule has 0 fully saturated rings. The maximum atomic E-state index is 4.04. The van der Waals surface area contributed by atoms with Gasteiger partial charge in [-0.15, -0.1) is 0 Å². The molecule has 0 aliphatic carbocycles. The maximum absolute atomic E-state index is 4.04. The third-order valence-corrected chi connectivity index (χ3v) is 2.71. The van der Waals surface area contributed by atoms with Crippen molar-refractivity contribution in [2.45, 2.75) is 48.0 Å². The minimum Gasteiger partial charge on any atom is -0.0984 e. The minimum absolute atomic E-state index is 0.994. The van der Waals surface area contributed by atoms with Gasteiger partial charge in [-0.25, -0.2) is 0 Å². The van der Waals surface area contributed by atoms with E-state index in [0.29, 0.717) is 0 Å². The Bertz CT molecular complexity index is 459. The van der Waals surface area contributed by atoms with Gasteiger partial charge in [-0.3, -0.25) is 0 Å². The second-order valence-corrected chi connectivity index (χ2v) is 3.88. The Balaban J connectivity index is 0. The molecule has 0 saturated heterocycles. The molecule has 21 heavy (non-hydrogen) atoms. The highest BCUT2D eigenvalue weighted by atomic mass is 14.0.